The molecule has 0 bridgehead atoms. The molecule has 0 N–H and O–H groups in total. The van der Waals surface area contributed by atoms with Gasteiger partial charge in [-0.1, -0.05) is 12.1 Å². The van der Waals surface area contributed by atoms with Crippen molar-refractivity contribution in [2.75, 3.05) is 38.6 Å². The third kappa shape index (κ3) is 3.38. The maximum absolute atomic E-state index is 3.04. The highest BCUT2D eigenvalue weighted by atomic mass is 15.2. The van der Waals surface area contributed by atoms with E-state index in [2.05, 4.69) is 49.0 Å². The lowest BCUT2D eigenvalue weighted by molar-refractivity contribution is 0.414. The van der Waals surface area contributed by atoms with Crippen LogP contribution in [-0.2, 0) is 0 Å². The SMILES string of the molecule is CCN(CCN(C)C)c1cc[c]cc1. The Morgan fingerprint density at radius 2 is 1.79 bits per heavy atom. The number of likely N-dealkylation sites (N-methyl/N-ethyl adjacent to an activating group) is 2. The molecule has 0 spiro atoms. The summed E-state index contributed by atoms with van der Waals surface area (Å²) in [6, 6.07) is 11.2. The first kappa shape index (κ1) is 11.1. The molecular weight excluding hydrogens is 172 g/mol. The van der Waals surface area contributed by atoms with E-state index < -0.39 is 0 Å². The molecule has 1 rings (SSSR count). The van der Waals surface area contributed by atoms with E-state index in [-0.39, 0.29) is 0 Å². The van der Waals surface area contributed by atoms with E-state index in [1.807, 2.05) is 12.1 Å². The van der Waals surface area contributed by atoms with Gasteiger partial charge in [0.1, 0.15) is 0 Å². The molecule has 0 aliphatic heterocycles. The summed E-state index contributed by atoms with van der Waals surface area (Å²) in [5, 5.41) is 0. The van der Waals surface area contributed by atoms with Crippen molar-refractivity contribution in [1.29, 1.82) is 0 Å². The molecule has 2 heteroatoms. The molecular formula is C12H19N2. The zero-order valence-corrected chi connectivity index (χ0v) is 9.33. The van der Waals surface area contributed by atoms with E-state index >= 15 is 0 Å². The van der Waals surface area contributed by atoms with E-state index in [1.165, 1.54) is 5.69 Å². The summed E-state index contributed by atoms with van der Waals surface area (Å²) in [4.78, 5) is 4.57. The fraction of sp³-hybridized carbons (Fsp3) is 0.500. The molecule has 1 radical (unpaired) electrons. The Bertz CT molecular complexity index is 244. The highest BCUT2D eigenvalue weighted by Gasteiger charge is 2.02. The first-order valence-electron chi connectivity index (χ1n) is 5.10. The second kappa shape index (κ2) is 5.66. The zero-order valence-electron chi connectivity index (χ0n) is 9.33. The van der Waals surface area contributed by atoms with Crippen molar-refractivity contribution in [3.8, 4) is 0 Å². The number of rotatable bonds is 5. The van der Waals surface area contributed by atoms with Gasteiger partial charge in [0.25, 0.3) is 0 Å². The Morgan fingerprint density at radius 3 is 2.29 bits per heavy atom. The molecule has 0 heterocycles. The number of nitrogens with zero attached hydrogens (tertiary/aromatic N) is 2. The standard InChI is InChI=1S/C12H19N2/c1-4-14(11-10-13(2)3)12-8-6-5-7-9-12/h6-9H,4,10-11H2,1-3H3. The Balaban J connectivity index is 2.54. The number of hydrogen-bond donors (Lipinski definition) is 0. The van der Waals surface area contributed by atoms with Crippen molar-refractivity contribution in [1.82, 2.24) is 4.90 Å². The minimum atomic E-state index is 1.05. The van der Waals surface area contributed by atoms with Crippen molar-refractivity contribution in [2.24, 2.45) is 0 Å². The number of benzene rings is 1. The van der Waals surface area contributed by atoms with E-state index in [4.69, 9.17) is 0 Å². The van der Waals surface area contributed by atoms with Gasteiger partial charge >= 0.3 is 0 Å². The molecule has 0 fully saturated rings. The largest absolute Gasteiger partial charge is 0.371 e. The van der Waals surface area contributed by atoms with Gasteiger partial charge in [0.15, 0.2) is 0 Å². The molecule has 0 saturated heterocycles. The fourth-order valence-corrected chi connectivity index (χ4v) is 1.38. The van der Waals surface area contributed by atoms with Crippen molar-refractivity contribution < 1.29 is 0 Å². The molecule has 0 aliphatic carbocycles. The molecule has 0 aromatic heterocycles. The van der Waals surface area contributed by atoms with Gasteiger partial charge < -0.3 is 9.80 Å². The van der Waals surface area contributed by atoms with Crippen LogP contribution in [-0.4, -0.2) is 38.6 Å². The predicted molar refractivity (Wildman–Crippen MR) is 61.7 cm³/mol. The van der Waals surface area contributed by atoms with Crippen molar-refractivity contribution in [2.45, 2.75) is 6.92 Å². The van der Waals surface area contributed by atoms with Crippen LogP contribution in [0.3, 0.4) is 0 Å². The van der Waals surface area contributed by atoms with Crippen molar-refractivity contribution in [3.63, 3.8) is 0 Å². The van der Waals surface area contributed by atoms with Crippen LogP contribution < -0.4 is 4.90 Å². The van der Waals surface area contributed by atoms with Gasteiger partial charge in [-0.3, -0.25) is 0 Å². The average molecular weight is 191 g/mol. The quantitative estimate of drug-likeness (QED) is 0.701. The van der Waals surface area contributed by atoms with E-state index in [0.717, 1.165) is 19.6 Å². The molecule has 0 aliphatic rings. The van der Waals surface area contributed by atoms with Gasteiger partial charge in [0.2, 0.25) is 0 Å². The minimum Gasteiger partial charge on any atom is -0.371 e. The summed E-state index contributed by atoms with van der Waals surface area (Å²) in [7, 11) is 4.21. The number of anilines is 1. The lowest BCUT2D eigenvalue weighted by Gasteiger charge is -2.24. The van der Waals surface area contributed by atoms with Crippen LogP contribution in [0, 0.1) is 6.07 Å². The molecule has 77 valence electrons. The van der Waals surface area contributed by atoms with Gasteiger partial charge in [0, 0.05) is 25.3 Å². The van der Waals surface area contributed by atoms with Gasteiger partial charge in [-0.15, -0.1) is 0 Å². The molecule has 2 nitrogen and oxygen atoms in total. The molecule has 1 aromatic rings. The maximum atomic E-state index is 3.04. The number of hydrogen-bond acceptors (Lipinski definition) is 2. The summed E-state index contributed by atoms with van der Waals surface area (Å²) in [5.74, 6) is 0. The van der Waals surface area contributed by atoms with Crippen LogP contribution in [0.1, 0.15) is 6.92 Å². The second-order valence-corrected chi connectivity index (χ2v) is 3.64. The van der Waals surface area contributed by atoms with Crippen molar-refractivity contribution in [3.05, 3.63) is 30.3 Å². The van der Waals surface area contributed by atoms with Crippen LogP contribution in [0.4, 0.5) is 5.69 Å². The second-order valence-electron chi connectivity index (χ2n) is 3.64. The molecule has 14 heavy (non-hydrogen) atoms. The summed E-state index contributed by atoms with van der Waals surface area (Å²) < 4.78 is 0. The van der Waals surface area contributed by atoms with Crippen LogP contribution in [0.25, 0.3) is 0 Å². The first-order chi connectivity index (χ1) is 6.74. The smallest absolute Gasteiger partial charge is 0.0366 e. The summed E-state index contributed by atoms with van der Waals surface area (Å²) in [6.45, 7) is 5.41. The summed E-state index contributed by atoms with van der Waals surface area (Å²) >= 11 is 0. The molecule has 1 aromatic carbocycles. The molecule has 0 atom stereocenters. The van der Waals surface area contributed by atoms with Crippen LogP contribution >= 0.6 is 0 Å². The third-order valence-corrected chi connectivity index (χ3v) is 2.26. The van der Waals surface area contributed by atoms with Gasteiger partial charge in [-0.2, -0.15) is 0 Å². The third-order valence-electron chi connectivity index (χ3n) is 2.26. The highest BCUT2D eigenvalue weighted by Crippen LogP contribution is 2.11. The minimum absolute atomic E-state index is 1.05. The Morgan fingerprint density at radius 1 is 1.14 bits per heavy atom. The van der Waals surface area contributed by atoms with Crippen LogP contribution in [0.15, 0.2) is 24.3 Å². The maximum Gasteiger partial charge on any atom is 0.0366 e. The fourth-order valence-electron chi connectivity index (χ4n) is 1.38. The van der Waals surface area contributed by atoms with E-state index in [9.17, 15) is 0 Å². The monoisotopic (exact) mass is 191 g/mol. The first-order valence-corrected chi connectivity index (χ1v) is 5.10. The van der Waals surface area contributed by atoms with Gasteiger partial charge in [-0.05, 0) is 39.2 Å². The molecule has 0 unspecified atom stereocenters. The lowest BCUT2D eigenvalue weighted by atomic mass is 10.3. The Kier molecular flexibility index (Phi) is 4.47. The van der Waals surface area contributed by atoms with E-state index in [0.29, 0.717) is 0 Å². The van der Waals surface area contributed by atoms with E-state index in [1.54, 1.807) is 0 Å². The molecule has 0 amide bonds. The van der Waals surface area contributed by atoms with Gasteiger partial charge in [0.05, 0.1) is 0 Å². The normalized spacial score (nSPS) is 10.6. The van der Waals surface area contributed by atoms with Gasteiger partial charge in [-0.25, -0.2) is 0 Å². The van der Waals surface area contributed by atoms with Crippen molar-refractivity contribution >= 4 is 5.69 Å². The van der Waals surface area contributed by atoms with Crippen LogP contribution in [0.5, 0.6) is 0 Å². The lowest BCUT2D eigenvalue weighted by Crippen LogP contribution is -2.31. The zero-order chi connectivity index (χ0) is 10.4. The highest BCUT2D eigenvalue weighted by molar-refractivity contribution is 5.45. The van der Waals surface area contributed by atoms with Crippen LogP contribution in [0.2, 0.25) is 0 Å². The molecule has 0 saturated carbocycles. The predicted octanol–water partition coefficient (Wildman–Crippen LogP) is 1.87. The Labute approximate surface area is 87.1 Å². The Hall–Kier alpha value is -1.02. The topological polar surface area (TPSA) is 6.48 Å². The summed E-state index contributed by atoms with van der Waals surface area (Å²) in [5.41, 5.74) is 1.29. The average Bonchev–Trinajstić information content (AvgIpc) is 2.20. The summed E-state index contributed by atoms with van der Waals surface area (Å²) in [6.07, 6.45) is 0.